The first-order valence-electron chi connectivity index (χ1n) is 6.93. The summed E-state index contributed by atoms with van der Waals surface area (Å²) in [4.78, 5) is 12.2. The third-order valence-corrected chi connectivity index (χ3v) is 3.58. The summed E-state index contributed by atoms with van der Waals surface area (Å²) in [6.45, 7) is 8.60. The van der Waals surface area contributed by atoms with Gasteiger partial charge in [-0.05, 0) is 29.5 Å². The number of benzene rings is 1. The van der Waals surface area contributed by atoms with Gasteiger partial charge in [0, 0.05) is 12.1 Å². The van der Waals surface area contributed by atoms with Crippen LogP contribution in [0.2, 0.25) is 0 Å². The summed E-state index contributed by atoms with van der Waals surface area (Å²) in [6.07, 6.45) is 0. The minimum absolute atomic E-state index is 0.0929. The highest BCUT2D eigenvalue weighted by Crippen LogP contribution is 2.24. The van der Waals surface area contributed by atoms with Crippen molar-refractivity contribution in [3.8, 4) is 11.8 Å². The van der Waals surface area contributed by atoms with Gasteiger partial charge < -0.3 is 10.4 Å². The summed E-state index contributed by atoms with van der Waals surface area (Å²) in [5, 5.41) is 11.6. The van der Waals surface area contributed by atoms with Crippen LogP contribution in [0.5, 0.6) is 0 Å². The van der Waals surface area contributed by atoms with Gasteiger partial charge in [0.1, 0.15) is 12.4 Å². The van der Waals surface area contributed by atoms with Crippen molar-refractivity contribution in [2.75, 3.05) is 13.2 Å². The number of amides is 1. The van der Waals surface area contributed by atoms with Crippen LogP contribution >= 0.6 is 0 Å². The fourth-order valence-electron chi connectivity index (χ4n) is 1.60. The van der Waals surface area contributed by atoms with E-state index in [-0.39, 0.29) is 23.5 Å². The fraction of sp³-hybridized carbons (Fsp3) is 0.471. The molecule has 0 bridgehead atoms. The predicted molar refractivity (Wildman–Crippen MR) is 81.3 cm³/mol. The van der Waals surface area contributed by atoms with E-state index in [1.807, 2.05) is 0 Å². The highest BCUT2D eigenvalue weighted by Gasteiger charge is 2.21. The molecular formula is C17H22FNO2. The monoisotopic (exact) mass is 291 g/mol. The Hall–Kier alpha value is -1.86. The largest absolute Gasteiger partial charge is 0.384 e. The highest BCUT2D eigenvalue weighted by molar-refractivity contribution is 5.96. The summed E-state index contributed by atoms with van der Waals surface area (Å²) in [5.74, 6) is 4.59. The molecule has 1 aromatic carbocycles. The Labute approximate surface area is 125 Å². The van der Waals surface area contributed by atoms with Gasteiger partial charge in [-0.3, -0.25) is 4.79 Å². The quantitative estimate of drug-likeness (QED) is 0.841. The number of aliphatic hydroxyl groups excluding tert-OH is 1. The van der Waals surface area contributed by atoms with E-state index in [9.17, 15) is 9.18 Å². The van der Waals surface area contributed by atoms with E-state index in [1.165, 1.54) is 18.2 Å². The molecule has 3 nitrogen and oxygen atoms in total. The van der Waals surface area contributed by atoms with E-state index < -0.39 is 5.82 Å². The lowest BCUT2D eigenvalue weighted by atomic mass is 9.82. The van der Waals surface area contributed by atoms with E-state index >= 15 is 0 Å². The summed E-state index contributed by atoms with van der Waals surface area (Å²) in [5.41, 5.74) is 0.693. The van der Waals surface area contributed by atoms with Gasteiger partial charge in [-0.15, -0.1) is 0 Å². The molecule has 4 heteroatoms. The second-order valence-corrected chi connectivity index (χ2v) is 6.13. The van der Waals surface area contributed by atoms with Gasteiger partial charge in [-0.2, -0.15) is 0 Å². The van der Waals surface area contributed by atoms with Gasteiger partial charge >= 0.3 is 0 Å². The normalized spacial score (nSPS) is 12.3. The first-order chi connectivity index (χ1) is 9.75. The second-order valence-electron chi connectivity index (χ2n) is 6.13. The molecular weight excluding hydrogens is 269 g/mol. The molecule has 0 aliphatic carbocycles. The van der Waals surface area contributed by atoms with Gasteiger partial charge in [0.05, 0.1) is 5.56 Å². The third-order valence-electron chi connectivity index (χ3n) is 3.58. The molecule has 1 amide bonds. The predicted octanol–water partition coefficient (Wildman–Crippen LogP) is 2.58. The maximum Gasteiger partial charge on any atom is 0.252 e. The molecule has 0 aromatic heterocycles. The van der Waals surface area contributed by atoms with Crippen molar-refractivity contribution >= 4 is 5.91 Å². The van der Waals surface area contributed by atoms with Gasteiger partial charge in [-0.1, -0.05) is 39.5 Å². The van der Waals surface area contributed by atoms with Crippen LogP contribution in [0.4, 0.5) is 4.39 Å². The molecule has 1 rings (SSSR count). The first-order valence-corrected chi connectivity index (χ1v) is 6.93. The Kier molecular flexibility index (Phi) is 5.92. The van der Waals surface area contributed by atoms with Crippen molar-refractivity contribution < 1.29 is 14.3 Å². The molecule has 0 saturated carbocycles. The van der Waals surface area contributed by atoms with Gasteiger partial charge in [0.15, 0.2) is 0 Å². The number of hydrogen-bond acceptors (Lipinski definition) is 2. The van der Waals surface area contributed by atoms with Crippen LogP contribution in [0.3, 0.4) is 0 Å². The highest BCUT2D eigenvalue weighted by atomic mass is 19.1. The zero-order valence-electron chi connectivity index (χ0n) is 13.0. The minimum atomic E-state index is -0.461. The number of halogens is 1. The third kappa shape index (κ3) is 5.20. The SMILES string of the molecule is CC(CNC(=O)c1ccc(F)cc1C#CCO)C(C)(C)C. The Morgan fingerprint density at radius 1 is 1.43 bits per heavy atom. The lowest BCUT2D eigenvalue weighted by Gasteiger charge is -2.27. The molecule has 114 valence electrons. The Balaban J connectivity index is 2.88. The van der Waals surface area contributed by atoms with Crippen molar-refractivity contribution in [2.45, 2.75) is 27.7 Å². The average molecular weight is 291 g/mol. The number of aliphatic hydroxyl groups is 1. The van der Waals surface area contributed by atoms with Crippen LogP contribution in [0.1, 0.15) is 43.6 Å². The second kappa shape index (κ2) is 7.24. The molecule has 21 heavy (non-hydrogen) atoms. The van der Waals surface area contributed by atoms with E-state index in [4.69, 9.17) is 5.11 Å². The topological polar surface area (TPSA) is 49.3 Å². The summed E-state index contributed by atoms with van der Waals surface area (Å²) >= 11 is 0. The van der Waals surface area contributed by atoms with Crippen molar-refractivity contribution in [3.63, 3.8) is 0 Å². The van der Waals surface area contributed by atoms with Gasteiger partial charge in [0.2, 0.25) is 0 Å². The summed E-state index contributed by atoms with van der Waals surface area (Å²) < 4.78 is 13.2. The molecule has 1 aromatic rings. The van der Waals surface area contributed by atoms with E-state index in [2.05, 4.69) is 44.9 Å². The lowest BCUT2D eigenvalue weighted by molar-refractivity contribution is 0.0937. The molecule has 0 spiro atoms. The van der Waals surface area contributed by atoms with Crippen molar-refractivity contribution in [3.05, 3.63) is 35.1 Å². The lowest BCUT2D eigenvalue weighted by Crippen LogP contribution is -2.34. The maximum atomic E-state index is 13.2. The molecule has 2 N–H and O–H groups in total. The number of hydrogen-bond donors (Lipinski definition) is 2. The standard InChI is InChI=1S/C17H22FNO2/c1-12(17(2,3)4)11-19-16(21)15-8-7-14(18)10-13(15)6-5-9-20/h7-8,10,12,20H,9,11H2,1-4H3,(H,19,21). The zero-order valence-corrected chi connectivity index (χ0v) is 13.0. The van der Waals surface area contributed by atoms with Crippen LogP contribution < -0.4 is 5.32 Å². The first kappa shape index (κ1) is 17.2. The summed E-state index contributed by atoms with van der Waals surface area (Å²) in [6, 6.07) is 3.84. The Morgan fingerprint density at radius 2 is 2.10 bits per heavy atom. The van der Waals surface area contributed by atoms with Crippen molar-refractivity contribution in [1.29, 1.82) is 0 Å². The molecule has 0 aliphatic heterocycles. The van der Waals surface area contributed by atoms with Gasteiger partial charge in [0.25, 0.3) is 5.91 Å². The number of nitrogens with one attached hydrogen (secondary N) is 1. The van der Waals surface area contributed by atoms with E-state index in [1.54, 1.807) is 0 Å². The van der Waals surface area contributed by atoms with Crippen molar-refractivity contribution in [1.82, 2.24) is 5.32 Å². The Bertz CT molecular complexity index is 564. The van der Waals surface area contributed by atoms with E-state index in [0.717, 1.165) is 0 Å². The van der Waals surface area contributed by atoms with Crippen LogP contribution in [-0.2, 0) is 0 Å². The number of rotatable bonds is 3. The minimum Gasteiger partial charge on any atom is -0.384 e. The molecule has 1 atom stereocenters. The average Bonchev–Trinajstić information content (AvgIpc) is 2.41. The maximum absolute atomic E-state index is 13.2. The fourth-order valence-corrected chi connectivity index (χ4v) is 1.60. The van der Waals surface area contributed by atoms with E-state index in [0.29, 0.717) is 18.0 Å². The van der Waals surface area contributed by atoms with Crippen molar-refractivity contribution in [2.24, 2.45) is 11.3 Å². The molecule has 0 heterocycles. The summed E-state index contributed by atoms with van der Waals surface area (Å²) in [7, 11) is 0. The molecule has 0 aliphatic rings. The van der Waals surface area contributed by atoms with Gasteiger partial charge in [-0.25, -0.2) is 4.39 Å². The van der Waals surface area contributed by atoms with Crippen LogP contribution in [-0.4, -0.2) is 24.2 Å². The zero-order chi connectivity index (χ0) is 16.0. The van der Waals surface area contributed by atoms with Crippen LogP contribution in [0.25, 0.3) is 0 Å². The molecule has 1 unspecified atom stereocenters. The number of carbonyl (C=O) groups excluding carboxylic acids is 1. The van der Waals surface area contributed by atoms with Crippen LogP contribution in [0.15, 0.2) is 18.2 Å². The molecule has 0 saturated heterocycles. The number of carbonyl (C=O) groups is 1. The smallest absolute Gasteiger partial charge is 0.252 e. The Morgan fingerprint density at radius 3 is 2.67 bits per heavy atom. The van der Waals surface area contributed by atoms with Crippen LogP contribution in [0, 0.1) is 29.0 Å². The molecule has 0 fully saturated rings. The molecule has 0 radical (unpaired) electrons.